The first kappa shape index (κ1) is 22.3. The van der Waals surface area contributed by atoms with Gasteiger partial charge in [0.25, 0.3) is 0 Å². The third-order valence-corrected chi connectivity index (χ3v) is 5.53. The second kappa shape index (κ2) is 10.5. The molecule has 2 aromatic rings. The van der Waals surface area contributed by atoms with E-state index in [2.05, 4.69) is 21.5 Å². The molecule has 0 saturated heterocycles. The Balaban J connectivity index is 1.82. The first-order chi connectivity index (χ1) is 13.8. The van der Waals surface area contributed by atoms with E-state index >= 15 is 0 Å². The average molecular weight is 414 g/mol. The number of aryl methyl sites for hydroxylation is 1. The SMILES string of the molecule is C#CCOc1ccc(CCNC(=NC)NCc2ccc(S(C)(=O)=O)c(C)c2)cc1. The summed E-state index contributed by atoms with van der Waals surface area (Å²) >= 11 is 0. The van der Waals surface area contributed by atoms with Gasteiger partial charge in [0.05, 0.1) is 4.90 Å². The number of sulfone groups is 1. The van der Waals surface area contributed by atoms with Gasteiger partial charge in [-0.2, -0.15) is 0 Å². The summed E-state index contributed by atoms with van der Waals surface area (Å²) in [6.07, 6.45) is 7.23. The Kier molecular flexibility index (Phi) is 8.10. The molecule has 0 heterocycles. The molecule has 0 spiro atoms. The second-order valence-corrected chi connectivity index (χ2v) is 8.60. The lowest BCUT2D eigenvalue weighted by Crippen LogP contribution is -2.37. The van der Waals surface area contributed by atoms with E-state index in [0.717, 1.165) is 29.8 Å². The molecule has 0 aliphatic rings. The van der Waals surface area contributed by atoms with E-state index in [-0.39, 0.29) is 6.61 Å². The van der Waals surface area contributed by atoms with Crippen molar-refractivity contribution >= 4 is 15.8 Å². The van der Waals surface area contributed by atoms with Crippen molar-refractivity contribution < 1.29 is 13.2 Å². The van der Waals surface area contributed by atoms with Crippen molar-refractivity contribution in [3.05, 3.63) is 59.2 Å². The molecule has 7 heteroatoms. The van der Waals surface area contributed by atoms with Crippen LogP contribution in [0.2, 0.25) is 0 Å². The number of nitrogens with zero attached hydrogens (tertiary/aromatic N) is 1. The van der Waals surface area contributed by atoms with Crippen LogP contribution >= 0.6 is 0 Å². The van der Waals surface area contributed by atoms with Gasteiger partial charge in [0.2, 0.25) is 0 Å². The van der Waals surface area contributed by atoms with Gasteiger partial charge < -0.3 is 15.4 Å². The summed E-state index contributed by atoms with van der Waals surface area (Å²) in [5.74, 6) is 3.88. The van der Waals surface area contributed by atoms with Crippen molar-refractivity contribution in [2.45, 2.75) is 24.8 Å². The normalized spacial score (nSPS) is 11.6. The van der Waals surface area contributed by atoms with Gasteiger partial charge in [-0.1, -0.05) is 30.2 Å². The number of ether oxygens (including phenoxy) is 1. The minimum absolute atomic E-state index is 0.263. The smallest absolute Gasteiger partial charge is 0.191 e. The quantitative estimate of drug-likeness (QED) is 0.394. The predicted molar refractivity (Wildman–Crippen MR) is 117 cm³/mol. The molecule has 0 amide bonds. The number of aliphatic imine (C=N–C) groups is 1. The molecule has 2 aromatic carbocycles. The minimum Gasteiger partial charge on any atom is -0.481 e. The van der Waals surface area contributed by atoms with E-state index in [1.807, 2.05) is 36.4 Å². The van der Waals surface area contributed by atoms with E-state index < -0.39 is 9.84 Å². The third kappa shape index (κ3) is 7.16. The highest BCUT2D eigenvalue weighted by Crippen LogP contribution is 2.16. The van der Waals surface area contributed by atoms with Crippen LogP contribution in [0.15, 0.2) is 52.4 Å². The van der Waals surface area contributed by atoms with Crippen molar-refractivity contribution in [1.82, 2.24) is 10.6 Å². The number of benzene rings is 2. The van der Waals surface area contributed by atoms with Crippen LogP contribution in [0, 0.1) is 19.3 Å². The zero-order valence-electron chi connectivity index (χ0n) is 17.0. The lowest BCUT2D eigenvalue weighted by molar-refractivity contribution is 0.370. The standard InChI is InChI=1S/C22H27N3O3S/c1-5-14-28-20-9-6-18(7-10-20)12-13-24-22(23-3)25-16-19-8-11-21(17(2)15-19)29(4,26)27/h1,6-11,15H,12-14,16H2,2-4H3,(H2,23,24,25). The third-order valence-electron chi connectivity index (χ3n) is 4.27. The van der Waals surface area contributed by atoms with Gasteiger partial charge in [-0.3, -0.25) is 4.99 Å². The van der Waals surface area contributed by atoms with E-state index in [4.69, 9.17) is 11.2 Å². The van der Waals surface area contributed by atoms with Crippen LogP contribution < -0.4 is 15.4 Å². The zero-order valence-corrected chi connectivity index (χ0v) is 17.8. The first-order valence-corrected chi connectivity index (χ1v) is 11.1. The van der Waals surface area contributed by atoms with Crippen molar-refractivity contribution in [2.24, 2.45) is 4.99 Å². The summed E-state index contributed by atoms with van der Waals surface area (Å²) in [7, 11) is -1.49. The van der Waals surface area contributed by atoms with Gasteiger partial charge in [0.15, 0.2) is 15.8 Å². The zero-order chi connectivity index (χ0) is 21.3. The van der Waals surface area contributed by atoms with Gasteiger partial charge in [-0.05, 0) is 48.2 Å². The summed E-state index contributed by atoms with van der Waals surface area (Å²) < 4.78 is 28.8. The predicted octanol–water partition coefficient (Wildman–Crippen LogP) is 2.32. The molecule has 0 aromatic heterocycles. The lowest BCUT2D eigenvalue weighted by Gasteiger charge is -2.13. The topological polar surface area (TPSA) is 79.8 Å². The summed E-state index contributed by atoms with van der Waals surface area (Å²) in [6, 6.07) is 13.2. The lowest BCUT2D eigenvalue weighted by atomic mass is 10.1. The molecule has 0 unspecified atom stereocenters. The minimum atomic E-state index is -3.21. The Hall–Kier alpha value is -2.98. The maximum Gasteiger partial charge on any atom is 0.191 e. The first-order valence-electron chi connectivity index (χ1n) is 9.23. The molecule has 0 radical (unpaired) electrons. The second-order valence-electron chi connectivity index (χ2n) is 6.61. The molecule has 0 bridgehead atoms. The Morgan fingerprint density at radius 1 is 1.14 bits per heavy atom. The van der Waals surface area contributed by atoms with Crippen LogP contribution in [0.5, 0.6) is 5.75 Å². The van der Waals surface area contributed by atoms with Crippen LogP contribution in [0.4, 0.5) is 0 Å². The maximum absolute atomic E-state index is 11.7. The Morgan fingerprint density at radius 2 is 1.83 bits per heavy atom. The summed E-state index contributed by atoms with van der Waals surface area (Å²) in [6.45, 7) is 3.33. The summed E-state index contributed by atoms with van der Waals surface area (Å²) in [5, 5.41) is 6.51. The fraction of sp³-hybridized carbons (Fsp3) is 0.318. The molecule has 0 aliphatic heterocycles. The Morgan fingerprint density at radius 3 is 2.41 bits per heavy atom. The van der Waals surface area contributed by atoms with Crippen molar-refractivity contribution in [2.75, 3.05) is 26.5 Å². The van der Waals surface area contributed by atoms with Gasteiger partial charge >= 0.3 is 0 Å². The van der Waals surface area contributed by atoms with Gasteiger partial charge in [-0.15, -0.1) is 6.42 Å². The molecule has 0 saturated carbocycles. The monoisotopic (exact) mass is 413 g/mol. The average Bonchev–Trinajstić information content (AvgIpc) is 2.69. The van der Waals surface area contributed by atoms with Crippen LogP contribution in [-0.2, 0) is 22.8 Å². The fourth-order valence-corrected chi connectivity index (χ4v) is 3.81. The number of hydrogen-bond acceptors (Lipinski definition) is 4. The van der Waals surface area contributed by atoms with Crippen LogP contribution in [0.1, 0.15) is 16.7 Å². The highest BCUT2D eigenvalue weighted by atomic mass is 32.2. The maximum atomic E-state index is 11.7. The van der Waals surface area contributed by atoms with Crippen molar-refractivity contribution in [1.29, 1.82) is 0 Å². The Labute approximate surface area is 173 Å². The van der Waals surface area contributed by atoms with Crippen molar-refractivity contribution in [3.8, 4) is 18.1 Å². The number of terminal acetylenes is 1. The molecule has 6 nitrogen and oxygen atoms in total. The molecular weight excluding hydrogens is 386 g/mol. The van der Waals surface area contributed by atoms with Crippen molar-refractivity contribution in [3.63, 3.8) is 0 Å². The van der Waals surface area contributed by atoms with Gasteiger partial charge in [0, 0.05) is 26.4 Å². The molecule has 2 rings (SSSR count). The number of hydrogen-bond donors (Lipinski definition) is 2. The molecular formula is C22H27N3O3S. The molecule has 0 atom stereocenters. The highest BCUT2D eigenvalue weighted by molar-refractivity contribution is 7.90. The number of nitrogens with one attached hydrogen (secondary N) is 2. The van der Waals surface area contributed by atoms with E-state index in [9.17, 15) is 8.42 Å². The van der Waals surface area contributed by atoms with Crippen LogP contribution in [0.25, 0.3) is 0 Å². The number of guanidine groups is 1. The molecule has 0 fully saturated rings. The summed E-state index contributed by atoms with van der Waals surface area (Å²) in [5.41, 5.74) is 2.90. The van der Waals surface area contributed by atoms with Crippen LogP contribution in [0.3, 0.4) is 0 Å². The van der Waals surface area contributed by atoms with E-state index in [1.54, 1.807) is 20.0 Å². The highest BCUT2D eigenvalue weighted by Gasteiger charge is 2.11. The molecule has 154 valence electrons. The largest absolute Gasteiger partial charge is 0.481 e. The molecule has 2 N–H and O–H groups in total. The van der Waals surface area contributed by atoms with Gasteiger partial charge in [0.1, 0.15) is 12.4 Å². The van der Waals surface area contributed by atoms with E-state index in [0.29, 0.717) is 17.4 Å². The number of rotatable bonds is 8. The van der Waals surface area contributed by atoms with Crippen LogP contribution in [-0.4, -0.2) is 40.8 Å². The summed E-state index contributed by atoms with van der Waals surface area (Å²) in [4.78, 5) is 4.58. The Bertz CT molecular complexity index is 991. The van der Waals surface area contributed by atoms with Gasteiger partial charge in [-0.25, -0.2) is 8.42 Å². The molecule has 29 heavy (non-hydrogen) atoms. The van der Waals surface area contributed by atoms with E-state index in [1.165, 1.54) is 11.8 Å². The molecule has 0 aliphatic carbocycles. The fourth-order valence-electron chi connectivity index (χ4n) is 2.85.